The molecular formula is C16H23N3O. The van der Waals surface area contributed by atoms with Gasteiger partial charge in [-0.2, -0.15) is 5.10 Å². The van der Waals surface area contributed by atoms with Crippen molar-refractivity contribution in [3.8, 4) is 5.69 Å². The lowest BCUT2D eigenvalue weighted by molar-refractivity contribution is 0.0128. The third kappa shape index (κ3) is 3.61. The fourth-order valence-corrected chi connectivity index (χ4v) is 2.34. The van der Waals surface area contributed by atoms with Crippen LogP contribution in [0.4, 0.5) is 5.69 Å². The number of rotatable bonds is 6. The second kappa shape index (κ2) is 6.09. The number of para-hydroxylation sites is 2. The molecule has 0 spiro atoms. The summed E-state index contributed by atoms with van der Waals surface area (Å²) in [5.74, 6) is 0. The van der Waals surface area contributed by atoms with Gasteiger partial charge < -0.3 is 10.1 Å². The first-order valence-corrected chi connectivity index (χ1v) is 6.92. The highest BCUT2D eigenvalue weighted by Gasteiger charge is 2.20. The minimum absolute atomic E-state index is 0.132. The van der Waals surface area contributed by atoms with E-state index >= 15 is 0 Å². The SMILES string of the molecule is COC(C)(C)CC(C)Nc1ccccc1-n1cccn1. The summed E-state index contributed by atoms with van der Waals surface area (Å²) in [6.45, 7) is 6.37. The Bertz CT molecular complexity index is 534. The van der Waals surface area contributed by atoms with Crippen LogP contribution in [-0.4, -0.2) is 28.5 Å². The van der Waals surface area contributed by atoms with Gasteiger partial charge in [0.05, 0.1) is 17.0 Å². The van der Waals surface area contributed by atoms with Gasteiger partial charge in [0.1, 0.15) is 0 Å². The predicted octanol–water partition coefficient (Wildman–Crippen LogP) is 3.49. The standard InChI is InChI=1S/C16H23N3O/c1-13(12-16(2,3)20-4)18-14-8-5-6-9-15(14)19-11-7-10-17-19/h5-11,13,18H,12H2,1-4H3. The molecule has 2 rings (SSSR count). The molecule has 0 fully saturated rings. The Morgan fingerprint density at radius 3 is 2.70 bits per heavy atom. The topological polar surface area (TPSA) is 39.1 Å². The second-order valence-corrected chi connectivity index (χ2v) is 5.68. The van der Waals surface area contributed by atoms with Crippen molar-refractivity contribution < 1.29 is 4.74 Å². The molecule has 4 nitrogen and oxygen atoms in total. The lowest BCUT2D eigenvalue weighted by Gasteiger charge is -2.28. The molecule has 0 saturated carbocycles. The van der Waals surface area contributed by atoms with Crippen LogP contribution in [0.5, 0.6) is 0 Å². The molecule has 0 bridgehead atoms. The van der Waals surface area contributed by atoms with E-state index in [2.05, 4.69) is 43.3 Å². The molecule has 1 unspecified atom stereocenters. The molecule has 0 radical (unpaired) electrons. The minimum Gasteiger partial charge on any atom is -0.381 e. The molecule has 4 heteroatoms. The third-order valence-corrected chi connectivity index (χ3v) is 3.41. The van der Waals surface area contributed by atoms with Gasteiger partial charge >= 0.3 is 0 Å². The molecule has 0 aliphatic heterocycles. The normalized spacial score (nSPS) is 13.2. The van der Waals surface area contributed by atoms with E-state index in [9.17, 15) is 0 Å². The number of methoxy groups -OCH3 is 1. The van der Waals surface area contributed by atoms with E-state index < -0.39 is 0 Å². The third-order valence-electron chi connectivity index (χ3n) is 3.41. The lowest BCUT2D eigenvalue weighted by atomic mass is 9.99. The number of anilines is 1. The Hall–Kier alpha value is -1.81. The maximum absolute atomic E-state index is 5.49. The second-order valence-electron chi connectivity index (χ2n) is 5.68. The molecule has 1 atom stereocenters. The van der Waals surface area contributed by atoms with E-state index in [1.54, 1.807) is 13.3 Å². The van der Waals surface area contributed by atoms with Crippen LogP contribution in [0, 0.1) is 0 Å². The molecule has 1 heterocycles. The summed E-state index contributed by atoms with van der Waals surface area (Å²) in [6.07, 6.45) is 4.66. The van der Waals surface area contributed by atoms with E-state index in [1.807, 2.05) is 29.1 Å². The summed E-state index contributed by atoms with van der Waals surface area (Å²) in [7, 11) is 1.75. The Labute approximate surface area is 120 Å². The zero-order valence-corrected chi connectivity index (χ0v) is 12.6. The molecular weight excluding hydrogens is 250 g/mol. The maximum Gasteiger partial charge on any atom is 0.0876 e. The van der Waals surface area contributed by atoms with Gasteiger partial charge in [0.15, 0.2) is 0 Å². The van der Waals surface area contributed by atoms with Crippen LogP contribution in [0.15, 0.2) is 42.7 Å². The van der Waals surface area contributed by atoms with E-state index in [4.69, 9.17) is 4.74 Å². The highest BCUT2D eigenvalue weighted by molar-refractivity contribution is 5.60. The Kier molecular flexibility index (Phi) is 4.45. The number of nitrogens with one attached hydrogen (secondary N) is 1. The smallest absolute Gasteiger partial charge is 0.0876 e. The highest BCUT2D eigenvalue weighted by atomic mass is 16.5. The van der Waals surface area contributed by atoms with Crippen LogP contribution in [0.2, 0.25) is 0 Å². The summed E-state index contributed by atoms with van der Waals surface area (Å²) in [4.78, 5) is 0. The summed E-state index contributed by atoms with van der Waals surface area (Å²) in [5.41, 5.74) is 2.00. The van der Waals surface area contributed by atoms with Gasteiger partial charge in [-0.25, -0.2) is 4.68 Å². The Morgan fingerprint density at radius 2 is 2.05 bits per heavy atom. The van der Waals surface area contributed by atoms with Crippen LogP contribution >= 0.6 is 0 Å². The van der Waals surface area contributed by atoms with Crippen LogP contribution in [0.1, 0.15) is 27.2 Å². The van der Waals surface area contributed by atoms with Gasteiger partial charge in [0.25, 0.3) is 0 Å². The van der Waals surface area contributed by atoms with Gasteiger partial charge in [-0.3, -0.25) is 0 Å². The summed E-state index contributed by atoms with van der Waals surface area (Å²) >= 11 is 0. The summed E-state index contributed by atoms with van der Waals surface area (Å²) < 4.78 is 7.36. The summed E-state index contributed by atoms with van der Waals surface area (Å²) in [6, 6.07) is 10.4. The first kappa shape index (κ1) is 14.6. The van der Waals surface area contributed by atoms with Crippen LogP contribution in [0.3, 0.4) is 0 Å². The van der Waals surface area contributed by atoms with Crippen LogP contribution < -0.4 is 5.32 Å². The van der Waals surface area contributed by atoms with Crippen molar-refractivity contribution in [3.05, 3.63) is 42.7 Å². The van der Waals surface area contributed by atoms with E-state index in [-0.39, 0.29) is 5.60 Å². The van der Waals surface area contributed by atoms with Crippen molar-refractivity contribution in [2.24, 2.45) is 0 Å². The molecule has 2 aromatic rings. The van der Waals surface area contributed by atoms with Gasteiger partial charge in [0, 0.05) is 25.5 Å². The molecule has 20 heavy (non-hydrogen) atoms. The van der Waals surface area contributed by atoms with Gasteiger partial charge in [-0.15, -0.1) is 0 Å². The van der Waals surface area contributed by atoms with Crippen molar-refractivity contribution in [3.63, 3.8) is 0 Å². The molecule has 1 aromatic heterocycles. The molecule has 0 aliphatic carbocycles. The number of hydrogen-bond donors (Lipinski definition) is 1. The number of ether oxygens (including phenoxy) is 1. The quantitative estimate of drug-likeness (QED) is 0.875. The first-order valence-electron chi connectivity index (χ1n) is 6.92. The Balaban J connectivity index is 2.14. The van der Waals surface area contributed by atoms with Crippen molar-refractivity contribution in [2.75, 3.05) is 12.4 Å². The lowest BCUT2D eigenvalue weighted by Crippen LogP contribution is -2.31. The van der Waals surface area contributed by atoms with Gasteiger partial charge in [-0.05, 0) is 45.4 Å². The zero-order chi connectivity index (χ0) is 14.6. The van der Waals surface area contributed by atoms with Crippen LogP contribution in [0.25, 0.3) is 5.69 Å². The first-order chi connectivity index (χ1) is 9.52. The van der Waals surface area contributed by atoms with Crippen molar-refractivity contribution in [1.29, 1.82) is 0 Å². The molecule has 108 valence electrons. The number of hydrogen-bond acceptors (Lipinski definition) is 3. The van der Waals surface area contributed by atoms with Gasteiger partial charge in [-0.1, -0.05) is 12.1 Å². The molecule has 1 N–H and O–H groups in total. The largest absolute Gasteiger partial charge is 0.381 e. The number of benzene rings is 1. The van der Waals surface area contributed by atoms with Crippen molar-refractivity contribution in [2.45, 2.75) is 38.8 Å². The van der Waals surface area contributed by atoms with E-state index in [0.717, 1.165) is 17.8 Å². The molecule has 0 amide bonds. The number of aromatic nitrogens is 2. The average molecular weight is 273 g/mol. The maximum atomic E-state index is 5.49. The monoisotopic (exact) mass is 273 g/mol. The molecule has 0 saturated heterocycles. The molecule has 0 aliphatic rings. The average Bonchev–Trinajstić information content (AvgIpc) is 2.92. The minimum atomic E-state index is -0.132. The van der Waals surface area contributed by atoms with Crippen LogP contribution in [-0.2, 0) is 4.74 Å². The van der Waals surface area contributed by atoms with E-state index in [0.29, 0.717) is 6.04 Å². The van der Waals surface area contributed by atoms with Gasteiger partial charge in [0.2, 0.25) is 0 Å². The van der Waals surface area contributed by atoms with Crippen molar-refractivity contribution in [1.82, 2.24) is 9.78 Å². The fraction of sp³-hybridized carbons (Fsp3) is 0.438. The van der Waals surface area contributed by atoms with Crippen molar-refractivity contribution >= 4 is 5.69 Å². The summed E-state index contributed by atoms with van der Waals surface area (Å²) in [5, 5.41) is 7.85. The molecule has 1 aromatic carbocycles. The predicted molar refractivity (Wildman–Crippen MR) is 82.4 cm³/mol. The fourth-order valence-electron chi connectivity index (χ4n) is 2.34. The van der Waals surface area contributed by atoms with E-state index in [1.165, 1.54) is 0 Å². The number of nitrogens with zero attached hydrogens (tertiary/aromatic N) is 2. The zero-order valence-electron chi connectivity index (χ0n) is 12.6. The Morgan fingerprint density at radius 1 is 1.30 bits per heavy atom. The highest BCUT2D eigenvalue weighted by Crippen LogP contribution is 2.23.